The summed E-state index contributed by atoms with van der Waals surface area (Å²) >= 11 is 12.1. The average Bonchev–Trinajstić information content (AvgIpc) is 2.41. The summed E-state index contributed by atoms with van der Waals surface area (Å²) in [7, 11) is 0. The van der Waals surface area contributed by atoms with E-state index in [0.717, 1.165) is 12.1 Å². The maximum absolute atomic E-state index is 14.0. The molecule has 2 aromatic carbocycles. The second-order valence-electron chi connectivity index (χ2n) is 4.20. The molecule has 0 heterocycles. The fourth-order valence-corrected chi connectivity index (χ4v) is 2.27. The van der Waals surface area contributed by atoms with Crippen LogP contribution < -0.4 is 5.32 Å². The molecule has 0 saturated heterocycles. The van der Waals surface area contributed by atoms with E-state index >= 15 is 0 Å². The van der Waals surface area contributed by atoms with Crippen LogP contribution in [0.3, 0.4) is 0 Å². The first-order chi connectivity index (χ1) is 9.13. The Kier molecular flexibility index (Phi) is 4.81. The van der Waals surface area contributed by atoms with E-state index in [9.17, 15) is 4.39 Å². The molecule has 0 aliphatic heterocycles. The van der Waals surface area contributed by atoms with Gasteiger partial charge in [-0.05, 0) is 30.3 Å². The van der Waals surface area contributed by atoms with Crippen LogP contribution in [-0.4, -0.2) is 6.54 Å². The lowest BCUT2D eigenvalue weighted by atomic mass is 10.0. The highest BCUT2D eigenvalue weighted by Gasteiger charge is 2.11. The molecular weight excluding hydrogens is 284 g/mol. The van der Waals surface area contributed by atoms with Crippen molar-refractivity contribution in [3.05, 3.63) is 57.8 Å². The van der Waals surface area contributed by atoms with Crippen LogP contribution in [0, 0.1) is 5.82 Å². The Balaban J connectivity index is 2.45. The molecule has 0 spiro atoms. The molecule has 0 fully saturated rings. The Bertz CT molecular complexity index is 584. The zero-order valence-electron chi connectivity index (χ0n) is 10.5. The monoisotopic (exact) mass is 297 g/mol. The molecule has 0 aliphatic rings. The van der Waals surface area contributed by atoms with Crippen LogP contribution in [0.1, 0.15) is 12.5 Å². The van der Waals surface area contributed by atoms with E-state index in [1.165, 1.54) is 6.07 Å². The maximum Gasteiger partial charge on any atom is 0.131 e. The predicted molar refractivity (Wildman–Crippen MR) is 79.2 cm³/mol. The predicted octanol–water partition coefficient (Wildman–Crippen LogP) is 4.91. The minimum Gasteiger partial charge on any atom is -0.313 e. The van der Waals surface area contributed by atoms with Gasteiger partial charge in [-0.15, -0.1) is 0 Å². The summed E-state index contributed by atoms with van der Waals surface area (Å²) < 4.78 is 14.0. The zero-order valence-corrected chi connectivity index (χ0v) is 12.0. The number of hydrogen-bond donors (Lipinski definition) is 1. The van der Waals surface area contributed by atoms with Gasteiger partial charge in [0.05, 0.1) is 10.0 Å². The summed E-state index contributed by atoms with van der Waals surface area (Å²) in [5.41, 5.74) is 2.10. The van der Waals surface area contributed by atoms with Crippen LogP contribution in [0.25, 0.3) is 11.1 Å². The zero-order chi connectivity index (χ0) is 13.8. The van der Waals surface area contributed by atoms with Gasteiger partial charge in [-0.3, -0.25) is 0 Å². The quantitative estimate of drug-likeness (QED) is 0.845. The van der Waals surface area contributed by atoms with Crippen molar-refractivity contribution < 1.29 is 4.39 Å². The highest BCUT2D eigenvalue weighted by atomic mass is 35.5. The van der Waals surface area contributed by atoms with E-state index in [4.69, 9.17) is 23.2 Å². The Morgan fingerprint density at radius 2 is 1.89 bits per heavy atom. The van der Waals surface area contributed by atoms with E-state index in [-0.39, 0.29) is 5.82 Å². The largest absolute Gasteiger partial charge is 0.313 e. The van der Waals surface area contributed by atoms with Gasteiger partial charge in [0, 0.05) is 17.7 Å². The molecule has 2 rings (SSSR count). The first kappa shape index (κ1) is 14.3. The van der Waals surface area contributed by atoms with Gasteiger partial charge >= 0.3 is 0 Å². The van der Waals surface area contributed by atoms with E-state index in [0.29, 0.717) is 27.7 Å². The number of halogens is 3. The minimum atomic E-state index is -0.301. The first-order valence-electron chi connectivity index (χ1n) is 6.07. The molecule has 100 valence electrons. The molecule has 0 unspecified atom stereocenters. The maximum atomic E-state index is 14.0. The van der Waals surface area contributed by atoms with Gasteiger partial charge in [0.1, 0.15) is 5.82 Å². The topological polar surface area (TPSA) is 12.0 Å². The molecule has 0 amide bonds. The number of benzene rings is 2. The fraction of sp³-hybridized carbons (Fsp3) is 0.200. The van der Waals surface area contributed by atoms with Gasteiger partial charge < -0.3 is 5.32 Å². The molecule has 1 N–H and O–H groups in total. The Labute approximate surface area is 122 Å². The van der Waals surface area contributed by atoms with Crippen LogP contribution >= 0.6 is 23.2 Å². The molecule has 0 aromatic heterocycles. The molecule has 2 aromatic rings. The standard InChI is InChI=1S/C15H14Cl2FN/c1-2-19-9-10-6-7-14(18)12(8-10)11-4-3-5-13(16)15(11)17/h3-8,19H,2,9H2,1H3. The highest BCUT2D eigenvalue weighted by Crippen LogP contribution is 2.35. The van der Waals surface area contributed by atoms with Crippen molar-refractivity contribution in [1.82, 2.24) is 5.32 Å². The summed E-state index contributed by atoms with van der Waals surface area (Å²) in [5, 5.41) is 4.01. The van der Waals surface area contributed by atoms with Gasteiger partial charge in [-0.25, -0.2) is 4.39 Å². The van der Waals surface area contributed by atoms with Crippen LogP contribution in [0.5, 0.6) is 0 Å². The second kappa shape index (κ2) is 6.38. The van der Waals surface area contributed by atoms with Crippen LogP contribution in [0.15, 0.2) is 36.4 Å². The third-order valence-corrected chi connectivity index (χ3v) is 3.67. The summed E-state index contributed by atoms with van der Waals surface area (Å²) in [6.45, 7) is 3.59. The minimum absolute atomic E-state index is 0.301. The van der Waals surface area contributed by atoms with E-state index in [2.05, 4.69) is 5.32 Å². The van der Waals surface area contributed by atoms with E-state index < -0.39 is 0 Å². The fourth-order valence-electron chi connectivity index (χ4n) is 1.87. The second-order valence-corrected chi connectivity index (χ2v) is 4.98. The van der Waals surface area contributed by atoms with Gasteiger partial charge in [-0.2, -0.15) is 0 Å². The summed E-state index contributed by atoms with van der Waals surface area (Å²) in [6, 6.07) is 10.2. The van der Waals surface area contributed by atoms with Crippen molar-refractivity contribution in [2.24, 2.45) is 0 Å². The Morgan fingerprint density at radius 3 is 2.63 bits per heavy atom. The highest BCUT2D eigenvalue weighted by molar-refractivity contribution is 6.43. The Morgan fingerprint density at radius 1 is 1.11 bits per heavy atom. The molecule has 0 bridgehead atoms. The van der Waals surface area contributed by atoms with Crippen LogP contribution in [-0.2, 0) is 6.54 Å². The molecule has 0 saturated carbocycles. The van der Waals surface area contributed by atoms with Crippen molar-refractivity contribution >= 4 is 23.2 Å². The molecule has 1 nitrogen and oxygen atoms in total. The molecule has 0 aliphatic carbocycles. The molecule has 0 atom stereocenters. The summed E-state index contributed by atoms with van der Waals surface area (Å²) in [5.74, 6) is -0.301. The SMILES string of the molecule is CCNCc1ccc(F)c(-c2cccc(Cl)c2Cl)c1. The average molecular weight is 298 g/mol. The third kappa shape index (κ3) is 3.27. The smallest absolute Gasteiger partial charge is 0.131 e. The summed E-state index contributed by atoms with van der Waals surface area (Å²) in [4.78, 5) is 0. The van der Waals surface area contributed by atoms with Crippen LogP contribution in [0.4, 0.5) is 4.39 Å². The lowest BCUT2D eigenvalue weighted by molar-refractivity contribution is 0.629. The van der Waals surface area contributed by atoms with Crippen molar-refractivity contribution in [1.29, 1.82) is 0 Å². The third-order valence-electron chi connectivity index (χ3n) is 2.85. The molecule has 19 heavy (non-hydrogen) atoms. The molecule has 0 radical (unpaired) electrons. The van der Waals surface area contributed by atoms with Gasteiger partial charge in [0.25, 0.3) is 0 Å². The number of rotatable bonds is 4. The van der Waals surface area contributed by atoms with Gasteiger partial charge in [0.2, 0.25) is 0 Å². The lowest BCUT2D eigenvalue weighted by Crippen LogP contribution is -2.11. The van der Waals surface area contributed by atoms with Crippen molar-refractivity contribution in [3.63, 3.8) is 0 Å². The summed E-state index contributed by atoms with van der Waals surface area (Å²) in [6.07, 6.45) is 0. The van der Waals surface area contributed by atoms with E-state index in [1.54, 1.807) is 30.3 Å². The lowest BCUT2D eigenvalue weighted by Gasteiger charge is -2.10. The van der Waals surface area contributed by atoms with Crippen molar-refractivity contribution in [2.75, 3.05) is 6.54 Å². The van der Waals surface area contributed by atoms with Crippen LogP contribution in [0.2, 0.25) is 10.0 Å². The Hall–Kier alpha value is -1.09. The molecular formula is C15H14Cl2FN. The first-order valence-corrected chi connectivity index (χ1v) is 6.82. The number of nitrogens with one attached hydrogen (secondary N) is 1. The normalized spacial score (nSPS) is 10.7. The van der Waals surface area contributed by atoms with Crippen molar-refractivity contribution in [2.45, 2.75) is 13.5 Å². The van der Waals surface area contributed by atoms with Crippen molar-refractivity contribution in [3.8, 4) is 11.1 Å². The molecule has 4 heteroatoms. The van der Waals surface area contributed by atoms with Gasteiger partial charge in [-0.1, -0.05) is 48.3 Å². The van der Waals surface area contributed by atoms with E-state index in [1.807, 2.05) is 6.92 Å². The van der Waals surface area contributed by atoms with Gasteiger partial charge in [0.15, 0.2) is 0 Å². The number of hydrogen-bond acceptors (Lipinski definition) is 1.